The Balaban J connectivity index is 0.00000220. The van der Waals surface area contributed by atoms with Crippen molar-refractivity contribution in [2.75, 3.05) is 26.2 Å². The number of rotatable bonds is 9. The van der Waals surface area contributed by atoms with Crippen molar-refractivity contribution in [3.05, 3.63) is 29.8 Å². The SMILES string of the molecule is CCCNCCNC(=O)c1ccccc1OCC1CC1.Cl. The van der Waals surface area contributed by atoms with E-state index in [1.807, 2.05) is 24.3 Å². The predicted octanol–water partition coefficient (Wildman–Crippen LogP) is 2.63. The van der Waals surface area contributed by atoms with Gasteiger partial charge in [0.1, 0.15) is 5.75 Å². The van der Waals surface area contributed by atoms with Crippen LogP contribution in [-0.4, -0.2) is 32.1 Å². The van der Waals surface area contributed by atoms with Gasteiger partial charge in [-0.2, -0.15) is 0 Å². The summed E-state index contributed by atoms with van der Waals surface area (Å²) in [6, 6.07) is 7.46. The molecule has 1 aromatic carbocycles. The van der Waals surface area contributed by atoms with E-state index in [-0.39, 0.29) is 18.3 Å². The number of para-hydroxylation sites is 1. The van der Waals surface area contributed by atoms with Crippen LogP contribution in [0.25, 0.3) is 0 Å². The molecular formula is C16H25ClN2O2. The number of hydrogen-bond donors (Lipinski definition) is 2. The van der Waals surface area contributed by atoms with E-state index < -0.39 is 0 Å². The van der Waals surface area contributed by atoms with Gasteiger partial charge in [0.25, 0.3) is 5.91 Å². The van der Waals surface area contributed by atoms with Gasteiger partial charge in [-0.15, -0.1) is 12.4 Å². The fraction of sp³-hybridized carbons (Fsp3) is 0.562. The van der Waals surface area contributed by atoms with Crippen molar-refractivity contribution in [2.24, 2.45) is 5.92 Å². The van der Waals surface area contributed by atoms with E-state index in [9.17, 15) is 4.79 Å². The lowest BCUT2D eigenvalue weighted by molar-refractivity contribution is 0.0949. The molecule has 21 heavy (non-hydrogen) atoms. The minimum Gasteiger partial charge on any atom is -0.492 e. The molecule has 0 aliphatic heterocycles. The Bertz CT molecular complexity index is 436. The molecule has 0 saturated heterocycles. The summed E-state index contributed by atoms with van der Waals surface area (Å²) in [5.74, 6) is 1.32. The molecular weight excluding hydrogens is 288 g/mol. The molecule has 1 aliphatic carbocycles. The Morgan fingerprint density at radius 2 is 2.00 bits per heavy atom. The zero-order valence-corrected chi connectivity index (χ0v) is 13.4. The number of hydrogen-bond acceptors (Lipinski definition) is 3. The highest BCUT2D eigenvalue weighted by molar-refractivity contribution is 5.96. The normalized spacial score (nSPS) is 13.4. The summed E-state index contributed by atoms with van der Waals surface area (Å²) < 4.78 is 5.75. The molecule has 0 heterocycles. The minimum atomic E-state index is -0.0605. The first kappa shape index (κ1) is 17.8. The second-order valence-corrected chi connectivity index (χ2v) is 5.26. The first-order valence-electron chi connectivity index (χ1n) is 7.52. The van der Waals surface area contributed by atoms with Gasteiger partial charge in [0.15, 0.2) is 0 Å². The fourth-order valence-electron chi connectivity index (χ4n) is 1.93. The van der Waals surface area contributed by atoms with Crippen molar-refractivity contribution < 1.29 is 9.53 Å². The molecule has 1 fully saturated rings. The Morgan fingerprint density at radius 3 is 2.71 bits per heavy atom. The Labute approximate surface area is 133 Å². The van der Waals surface area contributed by atoms with Gasteiger partial charge in [0.2, 0.25) is 0 Å². The highest BCUT2D eigenvalue weighted by Gasteiger charge is 2.22. The van der Waals surface area contributed by atoms with Crippen LogP contribution in [-0.2, 0) is 0 Å². The van der Waals surface area contributed by atoms with E-state index in [4.69, 9.17) is 4.74 Å². The summed E-state index contributed by atoms with van der Waals surface area (Å²) in [6.07, 6.45) is 3.60. The van der Waals surface area contributed by atoms with Crippen molar-refractivity contribution in [3.8, 4) is 5.75 Å². The molecule has 0 atom stereocenters. The van der Waals surface area contributed by atoms with Crippen molar-refractivity contribution >= 4 is 18.3 Å². The second kappa shape index (κ2) is 9.64. The van der Waals surface area contributed by atoms with Gasteiger partial charge in [-0.3, -0.25) is 4.79 Å². The second-order valence-electron chi connectivity index (χ2n) is 5.26. The van der Waals surface area contributed by atoms with Crippen molar-refractivity contribution in [1.29, 1.82) is 0 Å². The van der Waals surface area contributed by atoms with Crippen LogP contribution < -0.4 is 15.4 Å². The van der Waals surface area contributed by atoms with Crippen molar-refractivity contribution in [3.63, 3.8) is 0 Å². The lowest BCUT2D eigenvalue weighted by atomic mass is 10.2. The summed E-state index contributed by atoms with van der Waals surface area (Å²) in [4.78, 5) is 12.1. The van der Waals surface area contributed by atoms with Gasteiger partial charge in [-0.1, -0.05) is 19.1 Å². The maximum atomic E-state index is 12.1. The summed E-state index contributed by atoms with van der Waals surface area (Å²) in [5, 5.41) is 6.18. The quantitative estimate of drug-likeness (QED) is 0.689. The predicted molar refractivity (Wildman–Crippen MR) is 87.4 cm³/mol. The average Bonchev–Trinajstić information content (AvgIpc) is 3.29. The largest absolute Gasteiger partial charge is 0.492 e. The van der Waals surface area contributed by atoms with Crippen molar-refractivity contribution in [2.45, 2.75) is 26.2 Å². The van der Waals surface area contributed by atoms with E-state index in [2.05, 4.69) is 17.6 Å². The molecule has 0 aromatic heterocycles. The van der Waals surface area contributed by atoms with Gasteiger partial charge >= 0.3 is 0 Å². The number of ether oxygens (including phenoxy) is 1. The highest BCUT2D eigenvalue weighted by Crippen LogP contribution is 2.30. The number of halogens is 1. The van der Waals surface area contributed by atoms with Gasteiger partial charge in [0, 0.05) is 13.1 Å². The van der Waals surface area contributed by atoms with Crippen LogP contribution in [0.15, 0.2) is 24.3 Å². The van der Waals surface area contributed by atoms with Gasteiger partial charge < -0.3 is 15.4 Å². The zero-order valence-electron chi connectivity index (χ0n) is 12.6. The average molecular weight is 313 g/mol. The van der Waals surface area contributed by atoms with E-state index in [1.54, 1.807) is 0 Å². The number of carbonyl (C=O) groups excluding carboxylic acids is 1. The molecule has 1 aliphatic rings. The summed E-state index contributed by atoms with van der Waals surface area (Å²) in [6.45, 7) is 5.26. The van der Waals surface area contributed by atoms with Gasteiger partial charge in [-0.25, -0.2) is 0 Å². The minimum absolute atomic E-state index is 0. The fourth-order valence-corrected chi connectivity index (χ4v) is 1.93. The molecule has 2 N–H and O–H groups in total. The van der Waals surface area contributed by atoms with Crippen LogP contribution in [0.1, 0.15) is 36.5 Å². The highest BCUT2D eigenvalue weighted by atomic mass is 35.5. The van der Waals surface area contributed by atoms with Crippen molar-refractivity contribution in [1.82, 2.24) is 10.6 Å². The molecule has 1 saturated carbocycles. The number of nitrogens with one attached hydrogen (secondary N) is 2. The lowest BCUT2D eigenvalue weighted by Gasteiger charge is -2.11. The molecule has 5 heteroatoms. The topological polar surface area (TPSA) is 50.4 Å². The van der Waals surface area contributed by atoms with E-state index >= 15 is 0 Å². The third-order valence-electron chi connectivity index (χ3n) is 3.32. The molecule has 1 aromatic rings. The number of carbonyl (C=O) groups is 1. The van der Waals surface area contributed by atoms with E-state index in [0.29, 0.717) is 23.8 Å². The van der Waals surface area contributed by atoms with Crippen LogP contribution in [0.3, 0.4) is 0 Å². The Hall–Kier alpha value is -1.26. The lowest BCUT2D eigenvalue weighted by Crippen LogP contribution is -2.32. The molecule has 4 nitrogen and oxygen atoms in total. The third-order valence-corrected chi connectivity index (χ3v) is 3.32. The maximum Gasteiger partial charge on any atom is 0.255 e. The molecule has 0 radical (unpaired) electrons. The molecule has 0 bridgehead atoms. The smallest absolute Gasteiger partial charge is 0.255 e. The summed E-state index contributed by atoms with van der Waals surface area (Å²) >= 11 is 0. The number of amides is 1. The van der Waals surface area contributed by atoms with Crippen LogP contribution >= 0.6 is 12.4 Å². The zero-order chi connectivity index (χ0) is 14.2. The Kier molecular flexibility index (Phi) is 8.16. The molecule has 2 rings (SSSR count). The number of benzene rings is 1. The van der Waals surface area contributed by atoms with Gasteiger partial charge in [0.05, 0.1) is 12.2 Å². The van der Waals surface area contributed by atoms with Gasteiger partial charge in [-0.05, 0) is 43.9 Å². The van der Waals surface area contributed by atoms with Crippen LogP contribution in [0.2, 0.25) is 0 Å². The van der Waals surface area contributed by atoms with Crippen LogP contribution in [0.4, 0.5) is 0 Å². The maximum absolute atomic E-state index is 12.1. The van der Waals surface area contributed by atoms with Crippen LogP contribution in [0.5, 0.6) is 5.75 Å². The summed E-state index contributed by atoms with van der Waals surface area (Å²) in [7, 11) is 0. The molecule has 0 spiro atoms. The van der Waals surface area contributed by atoms with Crippen LogP contribution in [0, 0.1) is 5.92 Å². The standard InChI is InChI=1S/C16H24N2O2.ClH/c1-2-9-17-10-11-18-16(19)14-5-3-4-6-15(14)20-12-13-7-8-13;/h3-6,13,17H,2,7-12H2,1H3,(H,18,19);1H. The van der Waals surface area contributed by atoms with E-state index in [0.717, 1.165) is 26.1 Å². The first-order chi connectivity index (χ1) is 9.81. The molecule has 1 amide bonds. The summed E-state index contributed by atoms with van der Waals surface area (Å²) in [5.41, 5.74) is 0.628. The molecule has 0 unspecified atom stereocenters. The monoisotopic (exact) mass is 312 g/mol. The van der Waals surface area contributed by atoms with E-state index in [1.165, 1.54) is 12.8 Å². The first-order valence-corrected chi connectivity index (χ1v) is 7.52. The third kappa shape index (κ3) is 6.36. The Morgan fingerprint density at radius 1 is 1.24 bits per heavy atom. The molecule has 118 valence electrons.